The fourth-order valence-corrected chi connectivity index (χ4v) is 3.91. The van der Waals surface area contributed by atoms with Gasteiger partial charge in [0.15, 0.2) is 5.96 Å². The smallest absolute Gasteiger partial charge is 0.357 e. The van der Waals surface area contributed by atoms with Crippen LogP contribution in [0.25, 0.3) is 0 Å². The van der Waals surface area contributed by atoms with Crippen molar-refractivity contribution in [2.24, 2.45) is 10.9 Å². The standard InChI is InChI=1S/C18H30F3N5S/c1-4-22-17(25(3)11-16-12-27-14(2)24-16)23-8-5-15-6-9-26(10-7-15)13-18(19,20)21/h12,15H,4-11,13H2,1-3H3,(H,22,23). The normalized spacial score (nSPS) is 17.3. The van der Waals surface area contributed by atoms with Crippen molar-refractivity contribution < 1.29 is 13.2 Å². The largest absolute Gasteiger partial charge is 0.401 e. The van der Waals surface area contributed by atoms with Crippen molar-refractivity contribution in [2.45, 2.75) is 45.8 Å². The van der Waals surface area contributed by atoms with Gasteiger partial charge in [0.1, 0.15) is 0 Å². The Balaban J connectivity index is 1.78. The van der Waals surface area contributed by atoms with Gasteiger partial charge in [-0.2, -0.15) is 13.2 Å². The van der Waals surface area contributed by atoms with Crippen LogP contribution < -0.4 is 5.32 Å². The summed E-state index contributed by atoms with van der Waals surface area (Å²) in [4.78, 5) is 12.8. The lowest BCUT2D eigenvalue weighted by molar-refractivity contribution is -0.148. The molecular formula is C18H30F3N5S. The van der Waals surface area contributed by atoms with Crippen molar-refractivity contribution in [3.8, 4) is 0 Å². The van der Waals surface area contributed by atoms with Gasteiger partial charge in [0, 0.05) is 25.5 Å². The highest BCUT2D eigenvalue weighted by molar-refractivity contribution is 7.09. The Morgan fingerprint density at radius 1 is 1.41 bits per heavy atom. The van der Waals surface area contributed by atoms with Crippen LogP contribution in [0.15, 0.2) is 10.4 Å². The molecule has 0 unspecified atom stereocenters. The zero-order valence-electron chi connectivity index (χ0n) is 16.3. The second-order valence-electron chi connectivity index (χ2n) is 7.07. The summed E-state index contributed by atoms with van der Waals surface area (Å²) < 4.78 is 37.4. The van der Waals surface area contributed by atoms with Gasteiger partial charge in [0.2, 0.25) is 0 Å². The number of thiazole rings is 1. The molecule has 1 aromatic heterocycles. The minimum Gasteiger partial charge on any atom is -0.357 e. The minimum absolute atomic E-state index is 0.451. The molecule has 0 atom stereocenters. The number of aliphatic imine (C=N–C) groups is 1. The molecule has 0 bridgehead atoms. The van der Waals surface area contributed by atoms with Crippen molar-refractivity contribution in [3.05, 3.63) is 16.1 Å². The first-order chi connectivity index (χ1) is 12.8. The van der Waals surface area contributed by atoms with Gasteiger partial charge in [-0.15, -0.1) is 11.3 Å². The average Bonchev–Trinajstić information content (AvgIpc) is 2.99. The molecule has 1 fully saturated rings. The average molecular weight is 406 g/mol. The number of alkyl halides is 3. The highest BCUT2D eigenvalue weighted by atomic mass is 32.1. The summed E-state index contributed by atoms with van der Waals surface area (Å²) in [5, 5.41) is 6.41. The third kappa shape index (κ3) is 8.04. The molecule has 0 radical (unpaired) electrons. The number of hydrogen-bond acceptors (Lipinski definition) is 4. The van der Waals surface area contributed by atoms with Crippen LogP contribution in [0, 0.1) is 12.8 Å². The van der Waals surface area contributed by atoms with Gasteiger partial charge >= 0.3 is 6.18 Å². The van der Waals surface area contributed by atoms with Gasteiger partial charge in [0.05, 0.1) is 23.8 Å². The molecule has 0 amide bonds. The van der Waals surface area contributed by atoms with Crippen molar-refractivity contribution in [1.82, 2.24) is 20.1 Å². The van der Waals surface area contributed by atoms with E-state index in [1.54, 1.807) is 11.3 Å². The van der Waals surface area contributed by atoms with E-state index in [9.17, 15) is 13.2 Å². The summed E-state index contributed by atoms with van der Waals surface area (Å²) in [6.45, 7) is 6.46. The maximum absolute atomic E-state index is 12.5. The van der Waals surface area contributed by atoms with Crippen LogP contribution in [0.3, 0.4) is 0 Å². The van der Waals surface area contributed by atoms with Gasteiger partial charge in [0.25, 0.3) is 0 Å². The maximum atomic E-state index is 12.5. The van der Waals surface area contributed by atoms with Crippen molar-refractivity contribution >= 4 is 17.3 Å². The number of rotatable bonds is 7. The number of guanidine groups is 1. The van der Waals surface area contributed by atoms with E-state index >= 15 is 0 Å². The summed E-state index contributed by atoms with van der Waals surface area (Å²) >= 11 is 1.64. The molecule has 5 nitrogen and oxygen atoms in total. The number of hydrogen-bond donors (Lipinski definition) is 1. The molecule has 0 aliphatic carbocycles. The molecule has 154 valence electrons. The predicted molar refractivity (Wildman–Crippen MR) is 104 cm³/mol. The lowest BCUT2D eigenvalue weighted by Gasteiger charge is -2.32. The Morgan fingerprint density at radius 3 is 2.67 bits per heavy atom. The molecule has 0 aromatic carbocycles. The molecule has 2 rings (SSSR count). The van der Waals surface area contributed by atoms with Crippen LogP contribution in [-0.2, 0) is 6.54 Å². The van der Waals surface area contributed by atoms with Gasteiger partial charge in [-0.3, -0.25) is 9.89 Å². The topological polar surface area (TPSA) is 43.8 Å². The molecule has 9 heteroatoms. The van der Waals surface area contributed by atoms with Crippen LogP contribution in [0.4, 0.5) is 13.2 Å². The quantitative estimate of drug-likeness (QED) is 0.557. The van der Waals surface area contributed by atoms with E-state index in [0.29, 0.717) is 32.1 Å². The van der Waals surface area contributed by atoms with Crippen LogP contribution in [0.5, 0.6) is 0 Å². The van der Waals surface area contributed by atoms with Crippen molar-refractivity contribution in [1.29, 1.82) is 0 Å². The fourth-order valence-electron chi connectivity index (χ4n) is 3.31. The summed E-state index contributed by atoms with van der Waals surface area (Å²) in [7, 11) is 1.99. The van der Waals surface area contributed by atoms with Crippen LogP contribution >= 0.6 is 11.3 Å². The first kappa shape index (κ1) is 21.9. The van der Waals surface area contributed by atoms with E-state index in [-0.39, 0.29) is 0 Å². The maximum Gasteiger partial charge on any atom is 0.401 e. The Labute approximate surface area is 163 Å². The molecule has 0 spiro atoms. The molecule has 1 aliphatic heterocycles. The Morgan fingerprint density at radius 2 is 2.11 bits per heavy atom. The second-order valence-corrected chi connectivity index (χ2v) is 8.14. The van der Waals surface area contributed by atoms with E-state index in [1.807, 2.05) is 20.9 Å². The lowest BCUT2D eigenvalue weighted by Crippen LogP contribution is -2.40. The summed E-state index contributed by atoms with van der Waals surface area (Å²) in [6, 6.07) is 0. The second kappa shape index (κ2) is 10.3. The van der Waals surface area contributed by atoms with E-state index in [1.165, 1.54) is 4.90 Å². The van der Waals surface area contributed by atoms with E-state index in [2.05, 4.69) is 20.6 Å². The monoisotopic (exact) mass is 405 g/mol. The zero-order valence-corrected chi connectivity index (χ0v) is 17.2. The number of likely N-dealkylation sites (tertiary alicyclic amines) is 1. The van der Waals surface area contributed by atoms with E-state index < -0.39 is 12.7 Å². The van der Waals surface area contributed by atoms with Crippen LogP contribution in [0.1, 0.15) is 36.9 Å². The Bertz CT molecular complexity index is 594. The molecule has 1 aliphatic rings. The first-order valence-corrected chi connectivity index (χ1v) is 10.3. The number of halogens is 3. The number of aryl methyl sites for hydroxylation is 1. The number of nitrogens with one attached hydrogen (secondary N) is 1. The van der Waals surface area contributed by atoms with Crippen molar-refractivity contribution in [2.75, 3.05) is 39.8 Å². The molecule has 1 saturated heterocycles. The molecule has 2 heterocycles. The lowest BCUT2D eigenvalue weighted by atomic mass is 9.93. The highest BCUT2D eigenvalue weighted by Gasteiger charge is 2.32. The molecular weight excluding hydrogens is 375 g/mol. The van der Waals surface area contributed by atoms with Gasteiger partial charge in [-0.25, -0.2) is 4.98 Å². The third-order valence-electron chi connectivity index (χ3n) is 4.67. The van der Waals surface area contributed by atoms with Crippen LogP contribution in [0.2, 0.25) is 0 Å². The molecule has 1 aromatic rings. The van der Waals surface area contributed by atoms with E-state index in [0.717, 1.165) is 42.5 Å². The molecule has 1 N–H and O–H groups in total. The fraction of sp³-hybridized carbons (Fsp3) is 0.778. The van der Waals surface area contributed by atoms with Crippen LogP contribution in [-0.4, -0.2) is 66.7 Å². The zero-order chi connectivity index (χ0) is 19.9. The highest BCUT2D eigenvalue weighted by Crippen LogP contribution is 2.24. The summed E-state index contributed by atoms with van der Waals surface area (Å²) in [6.07, 6.45) is -1.55. The molecule has 0 saturated carbocycles. The predicted octanol–water partition coefficient (Wildman–Crippen LogP) is 3.51. The number of aromatic nitrogens is 1. The number of nitrogens with zero attached hydrogens (tertiary/aromatic N) is 4. The van der Waals surface area contributed by atoms with Crippen molar-refractivity contribution in [3.63, 3.8) is 0 Å². The molecule has 27 heavy (non-hydrogen) atoms. The third-order valence-corrected chi connectivity index (χ3v) is 5.49. The van der Waals surface area contributed by atoms with Gasteiger partial charge in [-0.1, -0.05) is 0 Å². The van der Waals surface area contributed by atoms with Gasteiger partial charge < -0.3 is 10.2 Å². The van der Waals surface area contributed by atoms with Gasteiger partial charge in [-0.05, 0) is 52.1 Å². The first-order valence-electron chi connectivity index (χ1n) is 9.46. The van der Waals surface area contributed by atoms with E-state index in [4.69, 9.17) is 4.99 Å². The SMILES string of the molecule is CCNC(=NCCC1CCN(CC(F)(F)F)CC1)N(C)Cc1csc(C)n1. The Hall–Kier alpha value is -1.35. The summed E-state index contributed by atoms with van der Waals surface area (Å²) in [5.41, 5.74) is 1.03. The Kier molecular flexibility index (Phi) is 8.34. The summed E-state index contributed by atoms with van der Waals surface area (Å²) in [5.74, 6) is 1.30. The minimum atomic E-state index is -4.10. The number of piperidine rings is 1.